The van der Waals surface area contributed by atoms with Crippen molar-refractivity contribution in [3.05, 3.63) is 21.9 Å². The molecule has 1 rings (SSSR count). The van der Waals surface area contributed by atoms with Crippen molar-refractivity contribution in [1.29, 1.82) is 0 Å². The van der Waals surface area contributed by atoms with Crippen LogP contribution in [-0.2, 0) is 9.53 Å². The number of rotatable bonds is 0. The topological polar surface area (TPSA) is 26.3 Å². The minimum Gasteiger partial charge on any atom is -0.422 e. The third kappa shape index (κ3) is 1.29. The average Bonchev–Trinajstić information content (AvgIpc) is 2.10. The summed E-state index contributed by atoms with van der Waals surface area (Å²) in [5.74, 6) is 0.341. The summed E-state index contributed by atoms with van der Waals surface area (Å²) in [6.07, 6.45) is 1.42. The number of halogens is 1. The van der Waals surface area contributed by atoms with Crippen molar-refractivity contribution in [1.82, 2.24) is 0 Å². The van der Waals surface area contributed by atoms with Crippen LogP contribution in [0, 0.1) is 0 Å². The lowest BCUT2D eigenvalue weighted by Crippen LogP contribution is -1.91. The standard InChI is InChI=1S/C7H7BrO2/c1-4(2)7-5(8)3-6(9)10-7/h3H,1-2H3. The zero-order chi connectivity index (χ0) is 7.72. The van der Waals surface area contributed by atoms with Crippen LogP contribution in [0.3, 0.4) is 0 Å². The summed E-state index contributed by atoms with van der Waals surface area (Å²) < 4.78 is 5.57. The number of hydrogen-bond acceptors (Lipinski definition) is 2. The monoisotopic (exact) mass is 202 g/mol. The van der Waals surface area contributed by atoms with E-state index in [1.165, 1.54) is 6.08 Å². The van der Waals surface area contributed by atoms with Gasteiger partial charge >= 0.3 is 5.97 Å². The Kier molecular flexibility index (Phi) is 1.94. The van der Waals surface area contributed by atoms with Gasteiger partial charge in [0.25, 0.3) is 0 Å². The minimum atomic E-state index is -0.303. The fourth-order valence-corrected chi connectivity index (χ4v) is 1.35. The van der Waals surface area contributed by atoms with E-state index in [0.29, 0.717) is 5.76 Å². The smallest absolute Gasteiger partial charge is 0.337 e. The maximum atomic E-state index is 10.6. The second-order valence-electron chi connectivity index (χ2n) is 2.24. The lowest BCUT2D eigenvalue weighted by atomic mass is 10.3. The zero-order valence-electron chi connectivity index (χ0n) is 5.77. The number of ether oxygens (including phenoxy) is 1. The summed E-state index contributed by atoms with van der Waals surface area (Å²) in [5.41, 5.74) is 0.994. The van der Waals surface area contributed by atoms with Gasteiger partial charge in [-0.25, -0.2) is 4.79 Å². The van der Waals surface area contributed by atoms with Crippen LogP contribution in [0.2, 0.25) is 0 Å². The van der Waals surface area contributed by atoms with Crippen molar-refractivity contribution in [3.8, 4) is 0 Å². The largest absolute Gasteiger partial charge is 0.422 e. The van der Waals surface area contributed by atoms with Crippen molar-refractivity contribution >= 4 is 21.9 Å². The highest BCUT2D eigenvalue weighted by Crippen LogP contribution is 2.27. The summed E-state index contributed by atoms with van der Waals surface area (Å²) in [6, 6.07) is 0. The third-order valence-corrected chi connectivity index (χ3v) is 1.71. The third-order valence-electron chi connectivity index (χ3n) is 1.12. The number of esters is 1. The molecule has 2 nitrogen and oxygen atoms in total. The molecule has 0 atom stereocenters. The van der Waals surface area contributed by atoms with Crippen LogP contribution in [0.25, 0.3) is 0 Å². The SMILES string of the molecule is CC(C)=C1OC(=O)C=C1Br. The quantitative estimate of drug-likeness (QED) is 0.563. The predicted octanol–water partition coefficient (Wildman–Crippen LogP) is 2.12. The van der Waals surface area contributed by atoms with Gasteiger partial charge in [0.05, 0.1) is 4.48 Å². The number of carbonyl (C=O) groups excluding carboxylic acids is 1. The molecule has 1 aliphatic heterocycles. The molecular weight excluding hydrogens is 196 g/mol. The van der Waals surface area contributed by atoms with Gasteiger partial charge < -0.3 is 4.74 Å². The Hall–Kier alpha value is -0.570. The molecule has 0 saturated heterocycles. The molecular formula is C7H7BrO2. The molecule has 0 fully saturated rings. The van der Waals surface area contributed by atoms with Crippen LogP contribution in [0.1, 0.15) is 13.8 Å². The molecule has 0 radical (unpaired) electrons. The molecule has 54 valence electrons. The molecule has 1 aliphatic rings. The van der Waals surface area contributed by atoms with E-state index in [1.54, 1.807) is 0 Å². The second kappa shape index (κ2) is 2.58. The first-order valence-electron chi connectivity index (χ1n) is 2.88. The van der Waals surface area contributed by atoms with E-state index >= 15 is 0 Å². The van der Waals surface area contributed by atoms with Gasteiger partial charge in [-0.15, -0.1) is 0 Å². The fraction of sp³-hybridized carbons (Fsp3) is 0.286. The summed E-state index contributed by atoms with van der Waals surface area (Å²) in [5, 5.41) is 0. The maximum Gasteiger partial charge on any atom is 0.337 e. The Morgan fingerprint density at radius 2 is 2.20 bits per heavy atom. The molecule has 0 spiro atoms. The van der Waals surface area contributed by atoms with Gasteiger partial charge in [0.15, 0.2) is 0 Å². The highest BCUT2D eigenvalue weighted by atomic mass is 79.9. The highest BCUT2D eigenvalue weighted by molar-refractivity contribution is 9.12. The lowest BCUT2D eigenvalue weighted by Gasteiger charge is -1.98. The molecule has 0 unspecified atom stereocenters. The first kappa shape index (κ1) is 7.54. The Bertz CT molecular complexity index is 234. The fourth-order valence-electron chi connectivity index (χ4n) is 0.689. The molecule has 0 saturated carbocycles. The van der Waals surface area contributed by atoms with Crippen molar-refractivity contribution in [2.24, 2.45) is 0 Å². The number of allylic oxidation sites excluding steroid dienone is 2. The molecule has 0 amide bonds. The van der Waals surface area contributed by atoms with Crippen LogP contribution in [-0.4, -0.2) is 5.97 Å². The van der Waals surface area contributed by atoms with Crippen LogP contribution < -0.4 is 0 Å². The Morgan fingerprint density at radius 3 is 2.40 bits per heavy atom. The van der Waals surface area contributed by atoms with Crippen molar-refractivity contribution < 1.29 is 9.53 Å². The van der Waals surface area contributed by atoms with Crippen LogP contribution >= 0.6 is 15.9 Å². The van der Waals surface area contributed by atoms with E-state index in [1.807, 2.05) is 13.8 Å². The molecule has 1 heterocycles. The molecule has 0 aromatic carbocycles. The van der Waals surface area contributed by atoms with E-state index in [2.05, 4.69) is 15.9 Å². The van der Waals surface area contributed by atoms with Gasteiger partial charge in [-0.1, -0.05) is 0 Å². The van der Waals surface area contributed by atoms with E-state index in [9.17, 15) is 4.79 Å². The lowest BCUT2D eigenvalue weighted by molar-refractivity contribution is -0.132. The number of carbonyl (C=O) groups is 1. The predicted molar refractivity (Wildman–Crippen MR) is 41.5 cm³/mol. The highest BCUT2D eigenvalue weighted by Gasteiger charge is 2.18. The van der Waals surface area contributed by atoms with Gasteiger partial charge in [0.1, 0.15) is 5.76 Å². The molecule has 0 aromatic rings. The van der Waals surface area contributed by atoms with E-state index in [0.717, 1.165) is 10.1 Å². The van der Waals surface area contributed by atoms with Gasteiger partial charge in [-0.2, -0.15) is 0 Å². The molecule has 0 aromatic heterocycles. The number of hydrogen-bond donors (Lipinski definition) is 0. The Morgan fingerprint density at radius 1 is 1.60 bits per heavy atom. The van der Waals surface area contributed by atoms with Crippen molar-refractivity contribution in [3.63, 3.8) is 0 Å². The minimum absolute atomic E-state index is 0.303. The van der Waals surface area contributed by atoms with E-state index in [4.69, 9.17) is 4.74 Å². The normalized spacial score (nSPS) is 16.9. The van der Waals surface area contributed by atoms with Crippen molar-refractivity contribution in [2.45, 2.75) is 13.8 Å². The zero-order valence-corrected chi connectivity index (χ0v) is 7.36. The van der Waals surface area contributed by atoms with Gasteiger partial charge in [0.2, 0.25) is 0 Å². The summed E-state index contributed by atoms with van der Waals surface area (Å²) in [7, 11) is 0. The first-order chi connectivity index (χ1) is 4.61. The van der Waals surface area contributed by atoms with E-state index in [-0.39, 0.29) is 5.97 Å². The van der Waals surface area contributed by atoms with Gasteiger partial charge in [-0.05, 0) is 35.4 Å². The number of cyclic esters (lactones) is 1. The molecule has 0 N–H and O–H groups in total. The molecule has 10 heavy (non-hydrogen) atoms. The van der Waals surface area contributed by atoms with Crippen LogP contribution in [0.5, 0.6) is 0 Å². The molecule has 0 aliphatic carbocycles. The Balaban J connectivity index is 2.99. The molecule has 0 bridgehead atoms. The second-order valence-corrected chi connectivity index (χ2v) is 3.10. The van der Waals surface area contributed by atoms with Crippen LogP contribution in [0.15, 0.2) is 21.9 Å². The summed E-state index contributed by atoms with van der Waals surface area (Å²) in [6.45, 7) is 3.78. The van der Waals surface area contributed by atoms with Gasteiger partial charge in [-0.3, -0.25) is 0 Å². The van der Waals surface area contributed by atoms with Crippen molar-refractivity contribution in [2.75, 3.05) is 0 Å². The summed E-state index contributed by atoms with van der Waals surface area (Å²) in [4.78, 5) is 10.6. The van der Waals surface area contributed by atoms with Crippen LogP contribution in [0.4, 0.5) is 0 Å². The first-order valence-corrected chi connectivity index (χ1v) is 3.67. The average molecular weight is 203 g/mol. The summed E-state index contributed by atoms with van der Waals surface area (Å²) >= 11 is 3.20. The van der Waals surface area contributed by atoms with Gasteiger partial charge in [0, 0.05) is 6.08 Å². The Labute approximate surface area is 67.7 Å². The maximum absolute atomic E-state index is 10.6. The molecule has 3 heteroatoms. The van der Waals surface area contributed by atoms with E-state index < -0.39 is 0 Å².